The molecule has 2 N–H and O–H groups in total. The number of carbonyl (C=O) groups is 1. The van der Waals surface area contributed by atoms with Gasteiger partial charge in [0.2, 0.25) is 5.91 Å². The molecule has 1 aliphatic heterocycles. The van der Waals surface area contributed by atoms with Crippen LogP contribution in [-0.2, 0) is 4.79 Å². The van der Waals surface area contributed by atoms with Crippen LogP contribution in [0.1, 0.15) is 51.1 Å². The van der Waals surface area contributed by atoms with Crippen LogP contribution in [0.3, 0.4) is 0 Å². The van der Waals surface area contributed by atoms with Gasteiger partial charge in [-0.25, -0.2) is 0 Å². The minimum Gasteiger partial charge on any atom is -0.490 e. The Morgan fingerprint density at radius 1 is 1.29 bits per heavy atom. The molecule has 1 atom stereocenters. The van der Waals surface area contributed by atoms with Crippen molar-refractivity contribution in [2.75, 3.05) is 11.9 Å². The number of amides is 1. The monoisotopic (exact) mass is 288 g/mol. The molecule has 0 radical (unpaired) electrons. The van der Waals surface area contributed by atoms with E-state index >= 15 is 0 Å². The van der Waals surface area contributed by atoms with Gasteiger partial charge in [0.1, 0.15) is 11.8 Å². The summed E-state index contributed by atoms with van der Waals surface area (Å²) < 4.78 is 6.09. The summed E-state index contributed by atoms with van der Waals surface area (Å²) in [5.41, 5.74) is 1.90. The van der Waals surface area contributed by atoms with Crippen LogP contribution in [-0.4, -0.2) is 18.6 Å². The maximum atomic E-state index is 11.9. The maximum absolute atomic E-state index is 11.9. The molecule has 1 aliphatic carbocycles. The third-order valence-electron chi connectivity index (χ3n) is 4.53. The van der Waals surface area contributed by atoms with E-state index in [1.807, 2.05) is 25.1 Å². The zero-order chi connectivity index (χ0) is 14.8. The summed E-state index contributed by atoms with van der Waals surface area (Å²) in [5, 5.41) is 6.14. The Labute approximate surface area is 126 Å². The van der Waals surface area contributed by atoms with Crippen LogP contribution in [0.15, 0.2) is 18.2 Å². The first kappa shape index (κ1) is 14.4. The Morgan fingerprint density at radius 2 is 2.05 bits per heavy atom. The van der Waals surface area contributed by atoms with Crippen molar-refractivity contribution in [3.63, 3.8) is 0 Å². The van der Waals surface area contributed by atoms with Crippen molar-refractivity contribution >= 4 is 11.6 Å². The molecular formula is C17H24N2O2. The molecule has 0 bridgehead atoms. The molecule has 4 nitrogen and oxygen atoms in total. The number of anilines is 1. The van der Waals surface area contributed by atoms with E-state index in [2.05, 4.69) is 17.6 Å². The Hall–Kier alpha value is -1.55. The second kappa shape index (κ2) is 6.06. The minimum absolute atomic E-state index is 0.0236. The molecule has 0 saturated heterocycles. The highest BCUT2D eigenvalue weighted by molar-refractivity contribution is 6.02. The van der Waals surface area contributed by atoms with Gasteiger partial charge in [-0.05, 0) is 44.2 Å². The zero-order valence-corrected chi connectivity index (χ0v) is 12.8. The highest BCUT2D eigenvalue weighted by Gasteiger charge is 2.30. The van der Waals surface area contributed by atoms with Gasteiger partial charge in [0.15, 0.2) is 0 Å². The highest BCUT2D eigenvalue weighted by Crippen LogP contribution is 2.35. The number of rotatable bonds is 4. The number of fused-ring (bicyclic) bond motifs is 1. The topological polar surface area (TPSA) is 50.4 Å². The zero-order valence-electron chi connectivity index (χ0n) is 12.8. The van der Waals surface area contributed by atoms with Crippen molar-refractivity contribution in [2.45, 2.75) is 51.7 Å². The van der Waals surface area contributed by atoms with Gasteiger partial charge in [0.05, 0.1) is 6.10 Å². The number of benzene rings is 1. The second-order valence-electron chi connectivity index (χ2n) is 6.23. The van der Waals surface area contributed by atoms with Crippen LogP contribution in [0.5, 0.6) is 5.75 Å². The first-order valence-electron chi connectivity index (χ1n) is 8.02. The molecule has 1 fully saturated rings. The summed E-state index contributed by atoms with van der Waals surface area (Å²) >= 11 is 0. The summed E-state index contributed by atoms with van der Waals surface area (Å²) in [7, 11) is 0. The summed E-state index contributed by atoms with van der Waals surface area (Å²) in [6.07, 6.45) is 5.07. The first-order chi connectivity index (χ1) is 10.2. The maximum Gasteiger partial charge on any atom is 0.246 e. The minimum atomic E-state index is -0.227. The van der Waals surface area contributed by atoms with E-state index in [1.54, 1.807) is 0 Å². The first-order valence-corrected chi connectivity index (χ1v) is 8.02. The van der Waals surface area contributed by atoms with Gasteiger partial charge in [0.25, 0.3) is 0 Å². The van der Waals surface area contributed by atoms with Crippen molar-refractivity contribution in [1.82, 2.24) is 5.32 Å². The summed E-state index contributed by atoms with van der Waals surface area (Å²) in [6, 6.07) is 5.72. The molecule has 0 aromatic heterocycles. The second-order valence-corrected chi connectivity index (χ2v) is 6.23. The van der Waals surface area contributed by atoms with E-state index in [1.165, 1.54) is 12.8 Å². The Bertz CT molecular complexity index is 522. The molecule has 4 heteroatoms. The third kappa shape index (κ3) is 3.05. The van der Waals surface area contributed by atoms with Gasteiger partial charge in [0, 0.05) is 17.3 Å². The van der Waals surface area contributed by atoms with Gasteiger partial charge in [-0.1, -0.05) is 19.9 Å². The van der Waals surface area contributed by atoms with Gasteiger partial charge < -0.3 is 15.4 Å². The SMILES string of the molecule is CCNC1C(=O)Nc2cc(OC3CCC(C)CC3)ccc21. The molecular weight excluding hydrogens is 264 g/mol. The van der Waals surface area contributed by atoms with Crippen molar-refractivity contribution in [1.29, 1.82) is 0 Å². The molecule has 1 heterocycles. The van der Waals surface area contributed by atoms with Crippen LogP contribution >= 0.6 is 0 Å². The predicted octanol–water partition coefficient (Wildman–Crippen LogP) is 3.25. The lowest BCUT2D eigenvalue weighted by atomic mass is 9.89. The number of ether oxygens (including phenoxy) is 1. The lowest BCUT2D eigenvalue weighted by Crippen LogP contribution is -2.27. The molecule has 1 aromatic rings. The molecule has 1 amide bonds. The molecule has 2 aliphatic rings. The lowest BCUT2D eigenvalue weighted by Gasteiger charge is -2.27. The van der Waals surface area contributed by atoms with Crippen LogP contribution in [0.2, 0.25) is 0 Å². The third-order valence-corrected chi connectivity index (χ3v) is 4.53. The predicted molar refractivity (Wildman–Crippen MR) is 83.5 cm³/mol. The lowest BCUT2D eigenvalue weighted by molar-refractivity contribution is -0.117. The number of carbonyl (C=O) groups excluding carboxylic acids is 1. The van der Waals surface area contributed by atoms with Gasteiger partial charge >= 0.3 is 0 Å². The number of nitrogens with one attached hydrogen (secondary N) is 2. The number of hydrogen-bond donors (Lipinski definition) is 2. The number of hydrogen-bond acceptors (Lipinski definition) is 3. The van der Waals surface area contributed by atoms with Crippen LogP contribution < -0.4 is 15.4 Å². The average Bonchev–Trinajstić information content (AvgIpc) is 2.78. The molecule has 1 aromatic carbocycles. The summed E-state index contributed by atoms with van der Waals surface area (Å²) in [4.78, 5) is 11.9. The Balaban J connectivity index is 1.69. The Morgan fingerprint density at radius 3 is 2.76 bits per heavy atom. The molecule has 0 spiro atoms. The normalized spacial score (nSPS) is 28.1. The van der Waals surface area contributed by atoms with E-state index in [-0.39, 0.29) is 11.9 Å². The molecule has 1 saturated carbocycles. The summed E-state index contributed by atoms with van der Waals surface area (Å²) in [5.74, 6) is 1.71. The smallest absolute Gasteiger partial charge is 0.246 e. The van der Waals surface area contributed by atoms with Gasteiger partial charge in [-0.3, -0.25) is 4.79 Å². The molecule has 3 rings (SSSR count). The van der Waals surface area contributed by atoms with Crippen LogP contribution in [0.25, 0.3) is 0 Å². The van der Waals surface area contributed by atoms with Crippen molar-refractivity contribution in [3.8, 4) is 5.75 Å². The van der Waals surface area contributed by atoms with Crippen LogP contribution in [0, 0.1) is 5.92 Å². The fourth-order valence-electron chi connectivity index (χ4n) is 3.26. The van der Waals surface area contributed by atoms with E-state index in [0.717, 1.165) is 42.3 Å². The quantitative estimate of drug-likeness (QED) is 0.894. The molecule has 21 heavy (non-hydrogen) atoms. The van der Waals surface area contributed by atoms with Gasteiger partial charge in [-0.15, -0.1) is 0 Å². The van der Waals surface area contributed by atoms with E-state index in [0.29, 0.717) is 6.10 Å². The number of likely N-dealkylation sites (N-methyl/N-ethyl adjacent to an activating group) is 1. The fraction of sp³-hybridized carbons (Fsp3) is 0.588. The average molecular weight is 288 g/mol. The van der Waals surface area contributed by atoms with E-state index < -0.39 is 0 Å². The standard InChI is InChI=1S/C17H24N2O2/c1-3-18-16-14-9-8-13(10-15(14)19-17(16)20)21-12-6-4-11(2)5-7-12/h8-12,16,18H,3-7H2,1-2H3,(H,19,20). The summed E-state index contributed by atoms with van der Waals surface area (Å²) in [6.45, 7) is 5.09. The van der Waals surface area contributed by atoms with Crippen LogP contribution in [0.4, 0.5) is 5.69 Å². The van der Waals surface area contributed by atoms with Crippen molar-refractivity contribution in [2.24, 2.45) is 5.92 Å². The fourth-order valence-corrected chi connectivity index (χ4v) is 3.26. The molecule has 114 valence electrons. The van der Waals surface area contributed by atoms with Crippen molar-refractivity contribution < 1.29 is 9.53 Å². The largest absolute Gasteiger partial charge is 0.490 e. The van der Waals surface area contributed by atoms with E-state index in [4.69, 9.17) is 4.74 Å². The van der Waals surface area contributed by atoms with Crippen molar-refractivity contribution in [3.05, 3.63) is 23.8 Å². The molecule has 1 unspecified atom stereocenters. The van der Waals surface area contributed by atoms with Gasteiger partial charge in [-0.2, -0.15) is 0 Å². The Kier molecular flexibility index (Phi) is 4.15. The highest BCUT2D eigenvalue weighted by atomic mass is 16.5. The van der Waals surface area contributed by atoms with E-state index in [9.17, 15) is 4.79 Å².